The second kappa shape index (κ2) is 7.30. The summed E-state index contributed by atoms with van der Waals surface area (Å²) in [6, 6.07) is 14.0. The molecule has 0 aliphatic heterocycles. The second-order valence-corrected chi connectivity index (χ2v) is 6.00. The van der Waals surface area contributed by atoms with E-state index in [1.165, 1.54) is 11.1 Å². The van der Waals surface area contributed by atoms with E-state index < -0.39 is 0 Å². The Morgan fingerprint density at radius 3 is 2.54 bits per heavy atom. The number of benzene rings is 2. The number of rotatable bonds is 7. The van der Waals surface area contributed by atoms with Crippen molar-refractivity contribution in [2.24, 2.45) is 0 Å². The molecule has 0 amide bonds. The maximum atomic E-state index is 11.2. The Bertz CT molecular complexity index is 832. The maximum absolute atomic E-state index is 11.2. The van der Waals surface area contributed by atoms with Crippen molar-refractivity contribution in [1.29, 1.82) is 0 Å². The van der Waals surface area contributed by atoms with Crippen molar-refractivity contribution < 1.29 is 9.53 Å². The zero-order valence-corrected chi connectivity index (χ0v) is 14.2. The lowest BCUT2D eigenvalue weighted by molar-refractivity contribution is 0.111. The molecular weight excluding hydrogens is 300 g/mol. The van der Waals surface area contributed by atoms with Gasteiger partial charge < -0.3 is 9.30 Å². The van der Waals surface area contributed by atoms with Gasteiger partial charge in [-0.3, -0.25) is 4.79 Å². The largest absolute Gasteiger partial charge is 0.493 e. The number of aryl methyl sites for hydroxylation is 3. The van der Waals surface area contributed by atoms with E-state index >= 15 is 0 Å². The summed E-state index contributed by atoms with van der Waals surface area (Å²) in [7, 11) is 0. The third-order valence-electron chi connectivity index (χ3n) is 4.22. The average molecular weight is 322 g/mol. The SMILES string of the molecule is Cc1cccc(C)c1OCCCCn1c(C=O)nc2ccccc21. The molecule has 0 N–H and O–H groups in total. The zero-order valence-electron chi connectivity index (χ0n) is 14.2. The van der Waals surface area contributed by atoms with Gasteiger partial charge in [-0.2, -0.15) is 0 Å². The second-order valence-electron chi connectivity index (χ2n) is 6.00. The standard InChI is InChI=1S/C20H22N2O2/c1-15-8-7-9-16(2)20(15)24-13-6-5-12-22-18-11-4-3-10-17(18)21-19(22)14-23/h3-4,7-11,14H,5-6,12-13H2,1-2H3. The topological polar surface area (TPSA) is 44.1 Å². The van der Waals surface area contributed by atoms with Gasteiger partial charge in [0.1, 0.15) is 5.75 Å². The van der Waals surface area contributed by atoms with Gasteiger partial charge in [-0.15, -0.1) is 0 Å². The average Bonchev–Trinajstić information content (AvgIpc) is 2.95. The quantitative estimate of drug-likeness (QED) is 0.480. The van der Waals surface area contributed by atoms with Crippen molar-refractivity contribution in [3.05, 3.63) is 59.4 Å². The Balaban J connectivity index is 1.58. The third-order valence-corrected chi connectivity index (χ3v) is 4.22. The van der Waals surface area contributed by atoms with Gasteiger partial charge >= 0.3 is 0 Å². The van der Waals surface area contributed by atoms with Gasteiger partial charge in [0.2, 0.25) is 0 Å². The number of ether oxygens (including phenoxy) is 1. The molecule has 0 unspecified atom stereocenters. The van der Waals surface area contributed by atoms with Crippen LogP contribution in [0, 0.1) is 13.8 Å². The summed E-state index contributed by atoms with van der Waals surface area (Å²) in [5.74, 6) is 1.48. The first-order valence-electron chi connectivity index (χ1n) is 8.30. The first-order chi connectivity index (χ1) is 11.7. The van der Waals surface area contributed by atoms with Crippen molar-refractivity contribution >= 4 is 17.3 Å². The molecule has 3 rings (SSSR count). The predicted octanol–water partition coefficient (Wildman–Crippen LogP) is 4.32. The van der Waals surface area contributed by atoms with Crippen molar-refractivity contribution in [3.8, 4) is 5.75 Å². The molecule has 3 aromatic rings. The van der Waals surface area contributed by atoms with Crippen LogP contribution in [0.5, 0.6) is 5.75 Å². The minimum atomic E-state index is 0.492. The number of hydrogen-bond donors (Lipinski definition) is 0. The van der Waals surface area contributed by atoms with Crippen molar-refractivity contribution in [2.75, 3.05) is 6.61 Å². The summed E-state index contributed by atoms with van der Waals surface area (Å²) in [6.45, 7) is 5.58. The molecule has 0 aliphatic rings. The van der Waals surface area contributed by atoms with Crippen molar-refractivity contribution in [1.82, 2.24) is 9.55 Å². The first-order valence-corrected chi connectivity index (χ1v) is 8.30. The van der Waals surface area contributed by atoms with Crippen LogP contribution in [0.2, 0.25) is 0 Å². The molecule has 24 heavy (non-hydrogen) atoms. The van der Waals surface area contributed by atoms with Crippen LogP contribution >= 0.6 is 0 Å². The molecule has 0 atom stereocenters. The monoisotopic (exact) mass is 322 g/mol. The van der Waals surface area contributed by atoms with Crippen LogP contribution in [0.3, 0.4) is 0 Å². The lowest BCUT2D eigenvalue weighted by Crippen LogP contribution is -2.06. The fraction of sp³-hybridized carbons (Fsp3) is 0.300. The molecule has 0 aliphatic carbocycles. The Kier molecular flexibility index (Phi) is 4.94. The molecule has 0 fully saturated rings. The van der Waals surface area contributed by atoms with Crippen LogP contribution in [0.15, 0.2) is 42.5 Å². The molecule has 124 valence electrons. The van der Waals surface area contributed by atoms with Gasteiger partial charge in [-0.1, -0.05) is 30.3 Å². The van der Waals surface area contributed by atoms with E-state index in [0.717, 1.165) is 42.5 Å². The molecule has 4 heteroatoms. The van der Waals surface area contributed by atoms with Gasteiger partial charge in [-0.25, -0.2) is 4.98 Å². The number of fused-ring (bicyclic) bond motifs is 1. The summed E-state index contributed by atoms with van der Waals surface area (Å²) in [4.78, 5) is 15.6. The van der Waals surface area contributed by atoms with Gasteiger partial charge in [0, 0.05) is 6.54 Å². The summed E-state index contributed by atoms with van der Waals surface area (Å²) < 4.78 is 7.92. The molecule has 0 bridgehead atoms. The van der Waals surface area contributed by atoms with Crippen LogP contribution in [0.25, 0.3) is 11.0 Å². The van der Waals surface area contributed by atoms with E-state index in [4.69, 9.17) is 4.74 Å². The number of hydrogen-bond acceptors (Lipinski definition) is 3. The number of para-hydroxylation sites is 3. The smallest absolute Gasteiger partial charge is 0.185 e. The Labute approximate surface area is 142 Å². The summed E-state index contributed by atoms with van der Waals surface area (Å²) in [5, 5.41) is 0. The summed E-state index contributed by atoms with van der Waals surface area (Å²) in [5.41, 5.74) is 4.21. The Morgan fingerprint density at radius 1 is 1.04 bits per heavy atom. The van der Waals surface area contributed by atoms with Crippen LogP contribution in [0.1, 0.15) is 34.6 Å². The van der Waals surface area contributed by atoms with E-state index in [1.807, 2.05) is 34.9 Å². The number of unbranched alkanes of at least 4 members (excludes halogenated alkanes) is 1. The lowest BCUT2D eigenvalue weighted by Gasteiger charge is -2.12. The highest BCUT2D eigenvalue weighted by molar-refractivity contribution is 5.82. The Hall–Kier alpha value is -2.62. The van der Waals surface area contributed by atoms with E-state index in [0.29, 0.717) is 12.4 Å². The molecule has 0 radical (unpaired) electrons. The van der Waals surface area contributed by atoms with E-state index in [-0.39, 0.29) is 0 Å². The molecule has 0 saturated heterocycles. The molecule has 0 spiro atoms. The number of aldehydes is 1. The van der Waals surface area contributed by atoms with Crippen LogP contribution in [0.4, 0.5) is 0 Å². The van der Waals surface area contributed by atoms with Gasteiger partial charge in [0.25, 0.3) is 0 Å². The number of aromatic nitrogens is 2. The van der Waals surface area contributed by atoms with Gasteiger partial charge in [-0.05, 0) is 49.9 Å². The highest BCUT2D eigenvalue weighted by Gasteiger charge is 2.09. The van der Waals surface area contributed by atoms with Crippen LogP contribution < -0.4 is 4.74 Å². The minimum absolute atomic E-state index is 0.492. The highest BCUT2D eigenvalue weighted by atomic mass is 16.5. The van der Waals surface area contributed by atoms with Gasteiger partial charge in [0.05, 0.1) is 17.6 Å². The minimum Gasteiger partial charge on any atom is -0.493 e. The fourth-order valence-corrected chi connectivity index (χ4v) is 2.99. The van der Waals surface area contributed by atoms with Crippen molar-refractivity contribution in [3.63, 3.8) is 0 Å². The van der Waals surface area contributed by atoms with E-state index in [2.05, 4.69) is 31.0 Å². The van der Waals surface area contributed by atoms with Crippen LogP contribution in [-0.4, -0.2) is 22.4 Å². The summed E-state index contributed by atoms with van der Waals surface area (Å²) >= 11 is 0. The number of carbonyl (C=O) groups excluding carboxylic acids is 1. The number of carbonyl (C=O) groups is 1. The number of nitrogens with zero attached hydrogens (tertiary/aromatic N) is 2. The third kappa shape index (κ3) is 3.32. The van der Waals surface area contributed by atoms with Gasteiger partial charge in [0.15, 0.2) is 12.1 Å². The van der Waals surface area contributed by atoms with Crippen LogP contribution in [-0.2, 0) is 6.54 Å². The molecule has 0 saturated carbocycles. The zero-order chi connectivity index (χ0) is 16.9. The summed E-state index contributed by atoms with van der Waals surface area (Å²) in [6.07, 6.45) is 2.69. The molecular formula is C20H22N2O2. The Morgan fingerprint density at radius 2 is 1.79 bits per heavy atom. The normalized spacial score (nSPS) is 10.9. The predicted molar refractivity (Wildman–Crippen MR) is 95.8 cm³/mol. The van der Waals surface area contributed by atoms with E-state index in [9.17, 15) is 4.79 Å². The van der Waals surface area contributed by atoms with Crippen molar-refractivity contribution in [2.45, 2.75) is 33.2 Å². The van der Waals surface area contributed by atoms with E-state index in [1.54, 1.807) is 0 Å². The highest BCUT2D eigenvalue weighted by Crippen LogP contribution is 2.22. The molecule has 2 aromatic carbocycles. The first kappa shape index (κ1) is 16.2. The molecule has 4 nitrogen and oxygen atoms in total. The molecule has 1 aromatic heterocycles. The maximum Gasteiger partial charge on any atom is 0.185 e. The number of imidazole rings is 1. The fourth-order valence-electron chi connectivity index (χ4n) is 2.99. The molecule has 1 heterocycles. The lowest BCUT2D eigenvalue weighted by atomic mass is 10.1.